The van der Waals surface area contributed by atoms with Crippen molar-refractivity contribution in [3.8, 4) is 18.1 Å². The molecule has 0 aliphatic heterocycles. The van der Waals surface area contributed by atoms with Crippen molar-refractivity contribution in [2.24, 2.45) is 0 Å². The first-order valence-electron chi connectivity index (χ1n) is 9.73. The maximum absolute atomic E-state index is 14.7. The van der Waals surface area contributed by atoms with Crippen molar-refractivity contribution in [3.05, 3.63) is 64.7 Å². The molecule has 166 valence electrons. The highest BCUT2D eigenvalue weighted by molar-refractivity contribution is 5.78. The van der Waals surface area contributed by atoms with Crippen LogP contribution in [0.1, 0.15) is 35.3 Å². The molecule has 0 N–H and O–H groups in total. The predicted octanol–water partition coefficient (Wildman–Crippen LogP) is 4.61. The molecule has 31 heavy (non-hydrogen) atoms. The predicted molar refractivity (Wildman–Crippen MR) is 112 cm³/mol. The van der Waals surface area contributed by atoms with E-state index in [-0.39, 0.29) is 25.4 Å². The molecule has 0 amide bonds. The Labute approximate surface area is 181 Å². The van der Waals surface area contributed by atoms with Crippen LogP contribution in [0.3, 0.4) is 0 Å². The molecule has 0 aromatic heterocycles. The SMILES string of the molecule is C#CCOC(c1ccc(C)c(COCc2ccc(OC)cc2)c1)C(F)(F)C(=O)OCC. The maximum atomic E-state index is 14.7. The molecule has 0 aliphatic rings. The van der Waals surface area contributed by atoms with Crippen LogP contribution in [0.25, 0.3) is 0 Å². The monoisotopic (exact) mass is 432 g/mol. The first-order chi connectivity index (χ1) is 14.8. The van der Waals surface area contributed by atoms with Crippen LogP contribution in [0, 0.1) is 19.3 Å². The smallest absolute Gasteiger partial charge is 0.380 e. The maximum Gasteiger partial charge on any atom is 0.380 e. The summed E-state index contributed by atoms with van der Waals surface area (Å²) in [7, 11) is 1.59. The van der Waals surface area contributed by atoms with E-state index in [2.05, 4.69) is 10.7 Å². The van der Waals surface area contributed by atoms with Crippen LogP contribution in [-0.2, 0) is 32.2 Å². The second-order valence-corrected chi connectivity index (χ2v) is 6.77. The van der Waals surface area contributed by atoms with Crippen LogP contribution in [0.15, 0.2) is 42.5 Å². The first kappa shape index (κ1) is 24.3. The van der Waals surface area contributed by atoms with Gasteiger partial charge in [0, 0.05) is 0 Å². The summed E-state index contributed by atoms with van der Waals surface area (Å²) >= 11 is 0. The lowest BCUT2D eigenvalue weighted by atomic mass is 9.98. The number of benzene rings is 2. The van der Waals surface area contributed by atoms with Gasteiger partial charge in [-0.05, 0) is 48.2 Å². The lowest BCUT2D eigenvalue weighted by molar-refractivity contribution is -0.194. The molecule has 0 radical (unpaired) electrons. The Morgan fingerprint density at radius 1 is 1.16 bits per heavy atom. The molecule has 0 bridgehead atoms. The van der Waals surface area contributed by atoms with Gasteiger partial charge in [0.25, 0.3) is 0 Å². The summed E-state index contributed by atoms with van der Waals surface area (Å²) in [5.74, 6) is -2.66. The van der Waals surface area contributed by atoms with Crippen molar-refractivity contribution < 1.29 is 32.5 Å². The number of methoxy groups -OCH3 is 1. The van der Waals surface area contributed by atoms with E-state index in [1.54, 1.807) is 13.2 Å². The van der Waals surface area contributed by atoms with Crippen LogP contribution in [0.5, 0.6) is 5.75 Å². The summed E-state index contributed by atoms with van der Waals surface area (Å²) < 4.78 is 50.0. The van der Waals surface area contributed by atoms with E-state index < -0.39 is 18.0 Å². The topological polar surface area (TPSA) is 54.0 Å². The largest absolute Gasteiger partial charge is 0.497 e. The molecule has 0 aliphatic carbocycles. The van der Waals surface area contributed by atoms with Gasteiger partial charge in [-0.3, -0.25) is 0 Å². The van der Waals surface area contributed by atoms with E-state index in [1.165, 1.54) is 19.1 Å². The third kappa shape index (κ3) is 6.51. The zero-order chi connectivity index (χ0) is 22.9. The Morgan fingerprint density at radius 2 is 1.87 bits per heavy atom. The summed E-state index contributed by atoms with van der Waals surface area (Å²) in [5.41, 5.74) is 2.61. The van der Waals surface area contributed by atoms with Crippen molar-refractivity contribution in [1.29, 1.82) is 0 Å². The fourth-order valence-corrected chi connectivity index (χ4v) is 2.89. The van der Waals surface area contributed by atoms with Gasteiger partial charge in [0.2, 0.25) is 0 Å². The number of carbonyl (C=O) groups excluding carboxylic acids is 1. The molecular formula is C24H26F2O5. The van der Waals surface area contributed by atoms with Crippen molar-refractivity contribution in [3.63, 3.8) is 0 Å². The lowest BCUT2D eigenvalue weighted by Crippen LogP contribution is -2.39. The Bertz CT molecular complexity index is 903. The normalized spacial score (nSPS) is 12.1. The first-order valence-corrected chi connectivity index (χ1v) is 9.73. The second kappa shape index (κ2) is 11.4. The number of esters is 1. The van der Waals surface area contributed by atoms with Crippen LogP contribution in [-0.4, -0.2) is 32.2 Å². The van der Waals surface area contributed by atoms with E-state index in [1.807, 2.05) is 31.2 Å². The Morgan fingerprint density at radius 3 is 2.48 bits per heavy atom. The zero-order valence-corrected chi connectivity index (χ0v) is 17.8. The minimum absolute atomic E-state index is 0.113. The van der Waals surface area contributed by atoms with E-state index in [0.29, 0.717) is 12.2 Å². The summed E-state index contributed by atoms with van der Waals surface area (Å²) in [6.45, 7) is 3.28. The summed E-state index contributed by atoms with van der Waals surface area (Å²) in [4.78, 5) is 11.8. The molecule has 0 saturated carbocycles. The molecule has 2 rings (SSSR count). The Balaban J connectivity index is 2.18. The van der Waals surface area contributed by atoms with Gasteiger partial charge in [0.1, 0.15) is 12.4 Å². The zero-order valence-electron chi connectivity index (χ0n) is 17.8. The van der Waals surface area contributed by atoms with Gasteiger partial charge in [-0.15, -0.1) is 6.42 Å². The van der Waals surface area contributed by atoms with Crippen molar-refractivity contribution in [2.45, 2.75) is 39.1 Å². The highest BCUT2D eigenvalue weighted by Crippen LogP contribution is 2.36. The quantitative estimate of drug-likeness (QED) is 0.383. The van der Waals surface area contributed by atoms with E-state index in [4.69, 9.17) is 20.6 Å². The molecule has 0 heterocycles. The molecular weight excluding hydrogens is 406 g/mol. The molecule has 5 nitrogen and oxygen atoms in total. The molecule has 1 unspecified atom stereocenters. The highest BCUT2D eigenvalue weighted by Gasteiger charge is 2.50. The van der Waals surface area contributed by atoms with Gasteiger partial charge in [0.15, 0.2) is 6.10 Å². The van der Waals surface area contributed by atoms with Gasteiger partial charge in [-0.2, -0.15) is 8.78 Å². The molecule has 0 saturated heterocycles. The highest BCUT2D eigenvalue weighted by atomic mass is 19.3. The molecule has 0 fully saturated rings. The summed E-state index contributed by atoms with van der Waals surface area (Å²) in [6.07, 6.45) is 3.29. The average molecular weight is 432 g/mol. The van der Waals surface area contributed by atoms with Crippen molar-refractivity contribution >= 4 is 5.97 Å². The number of halogens is 2. The number of alkyl halides is 2. The van der Waals surface area contributed by atoms with E-state index in [0.717, 1.165) is 16.9 Å². The third-order valence-electron chi connectivity index (χ3n) is 4.57. The van der Waals surface area contributed by atoms with Crippen LogP contribution < -0.4 is 4.74 Å². The summed E-state index contributed by atoms with van der Waals surface area (Å²) in [6, 6.07) is 12.1. The second-order valence-electron chi connectivity index (χ2n) is 6.77. The number of aryl methyl sites for hydroxylation is 1. The number of terminal acetylenes is 1. The van der Waals surface area contributed by atoms with Gasteiger partial charge in [-0.25, -0.2) is 4.79 Å². The Kier molecular flexibility index (Phi) is 8.98. The van der Waals surface area contributed by atoms with Crippen molar-refractivity contribution in [2.75, 3.05) is 20.3 Å². The minimum Gasteiger partial charge on any atom is -0.497 e. The minimum atomic E-state index is -3.90. The number of rotatable bonds is 11. The average Bonchev–Trinajstić information content (AvgIpc) is 2.76. The van der Waals surface area contributed by atoms with Gasteiger partial charge < -0.3 is 18.9 Å². The standard InChI is InChI=1S/C24H26F2O5/c1-5-13-31-22(24(25,26)23(27)30-6-2)19-10-7-17(3)20(14-19)16-29-15-18-8-11-21(28-4)12-9-18/h1,7-12,14,22H,6,13,15-16H2,2-4H3. The van der Waals surface area contributed by atoms with Gasteiger partial charge in [0.05, 0.1) is 26.9 Å². The van der Waals surface area contributed by atoms with Gasteiger partial charge in [-0.1, -0.05) is 36.3 Å². The van der Waals surface area contributed by atoms with Crippen LogP contribution in [0.2, 0.25) is 0 Å². The molecule has 2 aromatic carbocycles. The number of carbonyl (C=O) groups is 1. The Hall–Kier alpha value is -2.95. The fourth-order valence-electron chi connectivity index (χ4n) is 2.89. The molecule has 0 spiro atoms. The molecule has 1 atom stereocenters. The van der Waals surface area contributed by atoms with E-state index in [9.17, 15) is 13.6 Å². The fraction of sp³-hybridized carbons (Fsp3) is 0.375. The van der Waals surface area contributed by atoms with E-state index >= 15 is 0 Å². The van der Waals surface area contributed by atoms with Crippen molar-refractivity contribution in [1.82, 2.24) is 0 Å². The summed E-state index contributed by atoms with van der Waals surface area (Å²) in [5, 5.41) is 0. The van der Waals surface area contributed by atoms with Crippen LogP contribution >= 0.6 is 0 Å². The number of hydrogen-bond acceptors (Lipinski definition) is 5. The van der Waals surface area contributed by atoms with Gasteiger partial charge >= 0.3 is 11.9 Å². The number of hydrogen-bond donors (Lipinski definition) is 0. The molecule has 7 heteroatoms. The third-order valence-corrected chi connectivity index (χ3v) is 4.57. The lowest BCUT2D eigenvalue weighted by Gasteiger charge is -2.25. The number of ether oxygens (including phenoxy) is 4. The molecule has 2 aromatic rings. The van der Waals surface area contributed by atoms with Crippen LogP contribution in [0.4, 0.5) is 8.78 Å².